The van der Waals surface area contributed by atoms with Crippen LogP contribution in [0.3, 0.4) is 0 Å². The highest BCUT2D eigenvalue weighted by Gasteiger charge is 2.24. The second-order valence-corrected chi connectivity index (χ2v) is 9.99. The fourth-order valence-electron chi connectivity index (χ4n) is 3.22. The van der Waals surface area contributed by atoms with E-state index in [1.165, 1.54) is 11.8 Å². The molecule has 4 rings (SSSR count). The van der Waals surface area contributed by atoms with Crippen LogP contribution >= 0.6 is 46.0 Å². The van der Waals surface area contributed by atoms with Gasteiger partial charge >= 0.3 is 0 Å². The maximum atomic E-state index is 12.6. The molecule has 0 bridgehead atoms. The number of amidine groups is 1. The van der Waals surface area contributed by atoms with Gasteiger partial charge in [0.1, 0.15) is 12.4 Å². The van der Waals surface area contributed by atoms with E-state index in [2.05, 4.69) is 32.9 Å². The molecule has 0 spiro atoms. The highest BCUT2D eigenvalue weighted by Crippen LogP contribution is 2.37. The summed E-state index contributed by atoms with van der Waals surface area (Å²) in [6.45, 7) is 2.79. The standard InChI is InChI=1S/C26H22ClIN2O4S/c1-3-33-22-13-17(12-21(28)24(22)34-15-16-4-6-18(27)7-5-16)14-23-25(31)30-26(35-23)29-19-8-10-20(32-2)11-9-19/h4-14H,3,15H2,1-2H3,(H,29,30,31)/b23-14+. The van der Waals surface area contributed by atoms with E-state index in [1.807, 2.05) is 73.7 Å². The average Bonchev–Trinajstić information content (AvgIpc) is 3.18. The number of nitrogens with one attached hydrogen (secondary N) is 1. The number of nitrogens with zero attached hydrogens (tertiary/aromatic N) is 1. The number of hydrogen-bond acceptors (Lipinski definition) is 6. The molecule has 1 N–H and O–H groups in total. The Morgan fingerprint density at radius 1 is 1.09 bits per heavy atom. The van der Waals surface area contributed by atoms with E-state index in [1.54, 1.807) is 7.11 Å². The van der Waals surface area contributed by atoms with E-state index < -0.39 is 0 Å². The van der Waals surface area contributed by atoms with Crippen LogP contribution in [0.2, 0.25) is 5.02 Å². The van der Waals surface area contributed by atoms with Crippen LogP contribution in [-0.4, -0.2) is 24.8 Å². The third-order valence-electron chi connectivity index (χ3n) is 4.88. The maximum absolute atomic E-state index is 12.6. The van der Waals surface area contributed by atoms with Crippen molar-refractivity contribution in [2.45, 2.75) is 13.5 Å². The Hall–Kier alpha value is -2.69. The van der Waals surface area contributed by atoms with Crippen molar-refractivity contribution in [3.8, 4) is 17.2 Å². The maximum Gasteiger partial charge on any atom is 0.264 e. The van der Waals surface area contributed by atoms with Crippen molar-refractivity contribution in [1.82, 2.24) is 5.32 Å². The van der Waals surface area contributed by atoms with Gasteiger partial charge < -0.3 is 19.5 Å². The molecule has 35 heavy (non-hydrogen) atoms. The molecular formula is C26H22ClIN2O4S. The van der Waals surface area contributed by atoms with Gasteiger partial charge in [0, 0.05) is 5.02 Å². The van der Waals surface area contributed by atoms with Crippen LogP contribution in [0.15, 0.2) is 70.6 Å². The minimum absolute atomic E-state index is 0.196. The number of rotatable bonds is 8. The normalized spacial score (nSPS) is 15.4. The van der Waals surface area contributed by atoms with E-state index in [0.29, 0.717) is 39.8 Å². The fourth-order valence-corrected chi connectivity index (χ4v) is 4.97. The van der Waals surface area contributed by atoms with Gasteiger partial charge in [0.05, 0.1) is 27.9 Å². The quantitative estimate of drug-likeness (QED) is 0.221. The Balaban J connectivity index is 1.53. The summed E-state index contributed by atoms with van der Waals surface area (Å²) in [5.74, 6) is 1.84. The first-order valence-corrected chi connectivity index (χ1v) is 13.0. The monoisotopic (exact) mass is 620 g/mol. The first-order chi connectivity index (χ1) is 16.9. The van der Waals surface area contributed by atoms with Gasteiger partial charge in [-0.25, -0.2) is 4.99 Å². The van der Waals surface area contributed by atoms with Crippen LogP contribution in [0.25, 0.3) is 6.08 Å². The highest BCUT2D eigenvalue weighted by molar-refractivity contribution is 14.1. The van der Waals surface area contributed by atoms with Crippen molar-refractivity contribution in [3.63, 3.8) is 0 Å². The van der Waals surface area contributed by atoms with Crippen LogP contribution in [0.1, 0.15) is 18.1 Å². The van der Waals surface area contributed by atoms with E-state index in [9.17, 15) is 4.79 Å². The van der Waals surface area contributed by atoms with Crippen LogP contribution in [0.5, 0.6) is 17.2 Å². The fraction of sp³-hybridized carbons (Fsp3) is 0.154. The lowest BCUT2D eigenvalue weighted by molar-refractivity contribution is -0.115. The van der Waals surface area contributed by atoms with Gasteiger partial charge in [-0.05, 0) is 107 Å². The van der Waals surface area contributed by atoms with Crippen molar-refractivity contribution < 1.29 is 19.0 Å². The smallest absolute Gasteiger partial charge is 0.264 e. The predicted molar refractivity (Wildman–Crippen MR) is 150 cm³/mol. The third kappa shape index (κ3) is 6.71. The van der Waals surface area contributed by atoms with Gasteiger partial charge in [0.2, 0.25) is 0 Å². The Labute approximate surface area is 226 Å². The lowest BCUT2D eigenvalue weighted by Gasteiger charge is -2.15. The van der Waals surface area contributed by atoms with E-state index in [-0.39, 0.29) is 5.91 Å². The molecule has 1 aliphatic rings. The molecule has 1 amide bonds. The van der Waals surface area contributed by atoms with Gasteiger partial charge in [0.15, 0.2) is 16.7 Å². The summed E-state index contributed by atoms with van der Waals surface area (Å²) in [4.78, 5) is 17.6. The molecule has 0 saturated carbocycles. The number of benzene rings is 3. The Morgan fingerprint density at radius 2 is 1.83 bits per heavy atom. The molecule has 0 atom stereocenters. The van der Waals surface area contributed by atoms with Gasteiger partial charge in [-0.3, -0.25) is 4.79 Å². The summed E-state index contributed by atoms with van der Waals surface area (Å²) < 4.78 is 18.0. The molecule has 180 valence electrons. The first kappa shape index (κ1) is 25.4. The van der Waals surface area contributed by atoms with Crippen molar-refractivity contribution in [1.29, 1.82) is 0 Å². The summed E-state index contributed by atoms with van der Waals surface area (Å²) in [6.07, 6.45) is 1.82. The van der Waals surface area contributed by atoms with Crippen LogP contribution < -0.4 is 19.5 Å². The van der Waals surface area contributed by atoms with Crippen LogP contribution in [-0.2, 0) is 11.4 Å². The molecular weight excluding hydrogens is 599 g/mol. The third-order valence-corrected chi connectivity index (χ3v) is 6.84. The number of aliphatic imine (C=N–C) groups is 1. The summed E-state index contributed by atoms with van der Waals surface area (Å²) in [5.41, 5.74) is 2.56. The number of carbonyl (C=O) groups excluding carboxylic acids is 1. The number of ether oxygens (including phenoxy) is 3. The topological polar surface area (TPSA) is 69.2 Å². The van der Waals surface area contributed by atoms with Gasteiger partial charge in [-0.1, -0.05) is 23.7 Å². The summed E-state index contributed by atoms with van der Waals surface area (Å²) in [6, 6.07) is 18.7. The molecule has 0 unspecified atom stereocenters. The molecule has 6 nitrogen and oxygen atoms in total. The highest BCUT2D eigenvalue weighted by atomic mass is 127. The van der Waals surface area contributed by atoms with E-state index >= 15 is 0 Å². The molecule has 0 aliphatic carbocycles. The number of methoxy groups -OCH3 is 1. The molecule has 1 aliphatic heterocycles. The molecule has 3 aromatic carbocycles. The van der Waals surface area contributed by atoms with E-state index in [4.69, 9.17) is 25.8 Å². The first-order valence-electron chi connectivity index (χ1n) is 10.7. The summed E-state index contributed by atoms with van der Waals surface area (Å²) in [7, 11) is 1.61. The predicted octanol–water partition coefficient (Wildman–Crippen LogP) is 6.82. The number of carbonyl (C=O) groups is 1. The SMILES string of the molecule is CCOc1cc(/C=C2/SC(=Nc3ccc(OC)cc3)NC2=O)cc(I)c1OCc1ccc(Cl)cc1. The second-order valence-electron chi connectivity index (χ2n) is 7.36. The number of amides is 1. The Morgan fingerprint density at radius 3 is 2.51 bits per heavy atom. The zero-order valence-electron chi connectivity index (χ0n) is 19.0. The molecule has 0 radical (unpaired) electrons. The van der Waals surface area contributed by atoms with Crippen molar-refractivity contribution in [2.24, 2.45) is 4.99 Å². The van der Waals surface area contributed by atoms with Crippen LogP contribution in [0.4, 0.5) is 5.69 Å². The van der Waals surface area contributed by atoms with Gasteiger partial charge in [-0.15, -0.1) is 0 Å². The largest absolute Gasteiger partial charge is 0.497 e. The molecule has 1 fully saturated rings. The lowest BCUT2D eigenvalue weighted by Crippen LogP contribution is -2.19. The zero-order valence-corrected chi connectivity index (χ0v) is 22.7. The number of thioether (sulfide) groups is 1. The van der Waals surface area contributed by atoms with Crippen molar-refractivity contribution >= 4 is 68.8 Å². The summed E-state index contributed by atoms with van der Waals surface area (Å²) in [5, 5.41) is 4.02. The average molecular weight is 621 g/mol. The minimum Gasteiger partial charge on any atom is -0.497 e. The minimum atomic E-state index is -0.196. The Bertz CT molecular complexity index is 1280. The molecule has 1 saturated heterocycles. The summed E-state index contributed by atoms with van der Waals surface area (Å²) >= 11 is 9.48. The Kier molecular flexibility index (Phi) is 8.59. The second kappa shape index (κ2) is 11.8. The molecule has 9 heteroatoms. The number of halogens is 2. The zero-order chi connectivity index (χ0) is 24.8. The van der Waals surface area contributed by atoms with Crippen LogP contribution in [0, 0.1) is 3.57 Å². The van der Waals surface area contributed by atoms with Gasteiger partial charge in [-0.2, -0.15) is 0 Å². The molecule has 3 aromatic rings. The van der Waals surface area contributed by atoms with Crippen molar-refractivity contribution in [3.05, 3.63) is 85.3 Å². The molecule has 0 aromatic heterocycles. The van der Waals surface area contributed by atoms with E-state index in [0.717, 1.165) is 26.1 Å². The van der Waals surface area contributed by atoms with Crippen molar-refractivity contribution in [2.75, 3.05) is 13.7 Å². The number of hydrogen-bond donors (Lipinski definition) is 1. The molecule has 1 heterocycles. The lowest BCUT2D eigenvalue weighted by atomic mass is 10.2. The van der Waals surface area contributed by atoms with Gasteiger partial charge in [0.25, 0.3) is 5.91 Å².